The Kier molecular flexibility index (Phi) is 3.51. The smallest absolute Gasteiger partial charge is 0.194 e. The molecule has 23 heavy (non-hydrogen) atoms. The number of nitrogens with zero attached hydrogens (tertiary/aromatic N) is 4. The Morgan fingerprint density at radius 3 is 3.04 bits per heavy atom. The van der Waals surface area contributed by atoms with Gasteiger partial charge in [-0.1, -0.05) is 12.1 Å². The fourth-order valence-electron chi connectivity index (χ4n) is 2.56. The predicted molar refractivity (Wildman–Crippen MR) is 90.7 cm³/mol. The SMILES string of the molecule is CCOc1cccc(-c2nc3sccn3c2-c2ccncn2)c1. The third-order valence-electron chi connectivity index (χ3n) is 3.51. The lowest BCUT2D eigenvalue weighted by molar-refractivity contribution is 0.340. The molecular weight excluding hydrogens is 308 g/mol. The number of aromatic nitrogens is 4. The van der Waals surface area contributed by atoms with Gasteiger partial charge < -0.3 is 4.74 Å². The van der Waals surface area contributed by atoms with E-state index in [4.69, 9.17) is 9.72 Å². The zero-order chi connectivity index (χ0) is 15.6. The summed E-state index contributed by atoms with van der Waals surface area (Å²) in [6.07, 6.45) is 5.32. The molecule has 0 aliphatic carbocycles. The van der Waals surface area contributed by atoms with Crippen LogP contribution < -0.4 is 4.74 Å². The molecule has 3 heterocycles. The number of benzene rings is 1. The Hall–Kier alpha value is -2.73. The Bertz CT molecular complexity index is 946. The van der Waals surface area contributed by atoms with Gasteiger partial charge >= 0.3 is 0 Å². The predicted octanol–water partition coefficient (Wildman–Crippen LogP) is 3.92. The summed E-state index contributed by atoms with van der Waals surface area (Å²) in [5.74, 6) is 0.843. The molecule has 5 nitrogen and oxygen atoms in total. The number of imidazole rings is 1. The highest BCUT2D eigenvalue weighted by Crippen LogP contribution is 2.34. The Labute approximate surface area is 137 Å². The maximum absolute atomic E-state index is 5.61. The van der Waals surface area contributed by atoms with E-state index in [-0.39, 0.29) is 0 Å². The van der Waals surface area contributed by atoms with Crippen molar-refractivity contribution in [3.63, 3.8) is 0 Å². The van der Waals surface area contributed by atoms with Gasteiger partial charge in [-0.15, -0.1) is 11.3 Å². The normalized spacial score (nSPS) is 11.0. The van der Waals surface area contributed by atoms with Gasteiger partial charge in [-0.3, -0.25) is 4.40 Å². The van der Waals surface area contributed by atoms with Crippen molar-refractivity contribution in [2.45, 2.75) is 6.92 Å². The van der Waals surface area contributed by atoms with E-state index < -0.39 is 0 Å². The number of ether oxygens (including phenoxy) is 1. The van der Waals surface area contributed by atoms with Crippen LogP contribution in [0, 0.1) is 0 Å². The van der Waals surface area contributed by atoms with Crippen LogP contribution in [0.5, 0.6) is 5.75 Å². The highest BCUT2D eigenvalue weighted by molar-refractivity contribution is 7.15. The number of hydrogen-bond donors (Lipinski definition) is 0. The molecule has 6 heteroatoms. The number of thiazole rings is 1. The van der Waals surface area contributed by atoms with Crippen LogP contribution in [0.3, 0.4) is 0 Å². The molecule has 1 aromatic carbocycles. The second-order valence-corrected chi connectivity index (χ2v) is 5.79. The average molecular weight is 322 g/mol. The minimum Gasteiger partial charge on any atom is -0.494 e. The van der Waals surface area contributed by atoms with Crippen molar-refractivity contribution < 1.29 is 4.74 Å². The molecule has 4 rings (SSSR count). The lowest BCUT2D eigenvalue weighted by Crippen LogP contribution is -1.93. The van der Waals surface area contributed by atoms with Crippen molar-refractivity contribution in [2.75, 3.05) is 6.61 Å². The largest absolute Gasteiger partial charge is 0.494 e. The highest BCUT2D eigenvalue weighted by atomic mass is 32.1. The minimum atomic E-state index is 0.639. The summed E-state index contributed by atoms with van der Waals surface area (Å²) in [5, 5.41) is 2.02. The molecule has 0 saturated carbocycles. The molecule has 0 radical (unpaired) electrons. The number of fused-ring (bicyclic) bond motifs is 1. The zero-order valence-electron chi connectivity index (χ0n) is 12.5. The van der Waals surface area contributed by atoms with Gasteiger partial charge in [0.25, 0.3) is 0 Å². The van der Waals surface area contributed by atoms with Crippen LogP contribution in [-0.4, -0.2) is 26.0 Å². The Balaban J connectivity index is 1.94. The summed E-state index contributed by atoms with van der Waals surface area (Å²) in [4.78, 5) is 14.1. The van der Waals surface area contributed by atoms with Crippen LogP contribution in [0.4, 0.5) is 0 Å². The monoisotopic (exact) mass is 322 g/mol. The van der Waals surface area contributed by atoms with E-state index >= 15 is 0 Å². The highest BCUT2D eigenvalue weighted by Gasteiger charge is 2.17. The molecule has 0 unspecified atom stereocenters. The van der Waals surface area contributed by atoms with E-state index in [9.17, 15) is 0 Å². The van der Waals surface area contributed by atoms with Crippen molar-refractivity contribution in [1.29, 1.82) is 0 Å². The van der Waals surface area contributed by atoms with E-state index in [1.54, 1.807) is 23.9 Å². The second-order valence-electron chi connectivity index (χ2n) is 4.92. The first kappa shape index (κ1) is 13.9. The molecule has 0 atom stereocenters. The summed E-state index contributed by atoms with van der Waals surface area (Å²) < 4.78 is 7.68. The van der Waals surface area contributed by atoms with Gasteiger partial charge in [0.05, 0.1) is 18.0 Å². The van der Waals surface area contributed by atoms with Crippen molar-refractivity contribution >= 4 is 16.3 Å². The zero-order valence-corrected chi connectivity index (χ0v) is 13.3. The molecule has 3 aromatic heterocycles. The summed E-state index contributed by atoms with van der Waals surface area (Å²) in [7, 11) is 0. The molecule has 0 spiro atoms. The second kappa shape index (κ2) is 5.81. The number of rotatable bonds is 4. The van der Waals surface area contributed by atoms with Gasteiger partial charge in [0.2, 0.25) is 0 Å². The lowest BCUT2D eigenvalue weighted by atomic mass is 10.1. The van der Waals surface area contributed by atoms with Gasteiger partial charge in [-0.05, 0) is 25.1 Å². The topological polar surface area (TPSA) is 52.3 Å². The Morgan fingerprint density at radius 1 is 1.26 bits per heavy atom. The average Bonchev–Trinajstić information content (AvgIpc) is 3.17. The molecule has 0 saturated heterocycles. The molecule has 0 amide bonds. The molecule has 0 fully saturated rings. The molecule has 0 bridgehead atoms. The molecule has 114 valence electrons. The third kappa shape index (κ3) is 2.47. The van der Waals surface area contributed by atoms with Crippen molar-refractivity contribution in [1.82, 2.24) is 19.4 Å². The summed E-state index contributed by atoms with van der Waals surface area (Å²) >= 11 is 1.60. The van der Waals surface area contributed by atoms with Gasteiger partial charge in [-0.2, -0.15) is 0 Å². The van der Waals surface area contributed by atoms with Crippen LogP contribution in [0.2, 0.25) is 0 Å². The standard InChI is InChI=1S/C17H14N4OS/c1-2-22-13-5-3-4-12(10-13)15-16(14-6-7-18-11-19-14)21-8-9-23-17(21)20-15/h3-11H,2H2,1H3. The maximum Gasteiger partial charge on any atom is 0.194 e. The third-order valence-corrected chi connectivity index (χ3v) is 4.26. The van der Waals surface area contributed by atoms with Crippen molar-refractivity contribution in [3.05, 3.63) is 54.4 Å². The van der Waals surface area contributed by atoms with E-state index in [1.807, 2.05) is 48.8 Å². The summed E-state index contributed by atoms with van der Waals surface area (Å²) in [5.41, 5.74) is 3.73. The van der Waals surface area contributed by atoms with Gasteiger partial charge in [0, 0.05) is 23.3 Å². The van der Waals surface area contributed by atoms with Crippen LogP contribution in [0.25, 0.3) is 27.6 Å². The maximum atomic E-state index is 5.61. The molecule has 0 aliphatic rings. The van der Waals surface area contributed by atoms with Crippen molar-refractivity contribution in [3.8, 4) is 28.4 Å². The quantitative estimate of drug-likeness (QED) is 0.571. The first-order valence-corrected chi connectivity index (χ1v) is 8.20. The Morgan fingerprint density at radius 2 is 2.22 bits per heavy atom. The van der Waals surface area contributed by atoms with Crippen LogP contribution in [0.1, 0.15) is 6.92 Å². The molecule has 4 aromatic rings. The van der Waals surface area contributed by atoms with Gasteiger partial charge in [-0.25, -0.2) is 15.0 Å². The lowest BCUT2D eigenvalue weighted by Gasteiger charge is -2.07. The molecular formula is C17H14N4OS. The number of hydrogen-bond acceptors (Lipinski definition) is 5. The van der Waals surface area contributed by atoms with Gasteiger partial charge in [0.15, 0.2) is 4.96 Å². The van der Waals surface area contributed by atoms with E-state index in [1.165, 1.54) is 0 Å². The fourth-order valence-corrected chi connectivity index (χ4v) is 3.28. The van der Waals surface area contributed by atoms with Crippen LogP contribution in [-0.2, 0) is 0 Å². The van der Waals surface area contributed by atoms with Crippen LogP contribution >= 0.6 is 11.3 Å². The first-order chi connectivity index (χ1) is 11.4. The van der Waals surface area contributed by atoms with E-state index in [2.05, 4.69) is 14.4 Å². The van der Waals surface area contributed by atoms with Crippen molar-refractivity contribution in [2.24, 2.45) is 0 Å². The van der Waals surface area contributed by atoms with E-state index in [0.717, 1.165) is 33.4 Å². The first-order valence-electron chi connectivity index (χ1n) is 7.32. The molecule has 0 aliphatic heterocycles. The van der Waals surface area contributed by atoms with Gasteiger partial charge in [0.1, 0.15) is 17.8 Å². The van der Waals surface area contributed by atoms with E-state index in [0.29, 0.717) is 6.61 Å². The fraction of sp³-hybridized carbons (Fsp3) is 0.118. The molecule has 0 N–H and O–H groups in total. The summed E-state index contributed by atoms with van der Waals surface area (Å²) in [6, 6.07) is 9.89. The summed E-state index contributed by atoms with van der Waals surface area (Å²) in [6.45, 7) is 2.62. The minimum absolute atomic E-state index is 0.639. The van der Waals surface area contributed by atoms with Crippen LogP contribution in [0.15, 0.2) is 54.4 Å².